The number of nitrogens with one attached hydrogen (secondary N) is 1. The first-order valence-electron chi connectivity index (χ1n) is 5.66. The Morgan fingerprint density at radius 2 is 2.14 bits per heavy atom. The van der Waals surface area contributed by atoms with E-state index in [1.54, 1.807) is 0 Å². The van der Waals surface area contributed by atoms with Crippen molar-refractivity contribution in [1.29, 1.82) is 0 Å². The Morgan fingerprint density at radius 1 is 1.43 bits per heavy atom. The first-order chi connectivity index (χ1) is 6.74. The van der Waals surface area contributed by atoms with E-state index < -0.39 is 0 Å². The minimum Gasteiger partial charge on any atom is -0.379 e. The van der Waals surface area contributed by atoms with Crippen molar-refractivity contribution in [2.24, 2.45) is 5.92 Å². The van der Waals surface area contributed by atoms with Crippen molar-refractivity contribution >= 4 is 11.8 Å². The molecule has 1 rings (SSSR count). The molecule has 0 saturated carbocycles. The van der Waals surface area contributed by atoms with Crippen LogP contribution in [0, 0.1) is 5.92 Å². The molecular formula is C11H23NOS. The van der Waals surface area contributed by atoms with Crippen molar-refractivity contribution in [3.63, 3.8) is 0 Å². The molecule has 0 aromatic heterocycles. The molecule has 1 unspecified atom stereocenters. The van der Waals surface area contributed by atoms with Gasteiger partial charge in [-0.15, -0.1) is 0 Å². The van der Waals surface area contributed by atoms with E-state index in [-0.39, 0.29) is 0 Å². The highest BCUT2D eigenvalue weighted by atomic mass is 32.2. The van der Waals surface area contributed by atoms with Gasteiger partial charge in [-0.3, -0.25) is 0 Å². The number of hydrogen-bond acceptors (Lipinski definition) is 3. The fourth-order valence-corrected chi connectivity index (χ4v) is 2.73. The predicted molar refractivity (Wildman–Crippen MR) is 64.0 cm³/mol. The maximum absolute atomic E-state index is 5.17. The third kappa shape index (κ3) is 4.20. The summed E-state index contributed by atoms with van der Waals surface area (Å²) in [5.74, 6) is 1.96. The van der Waals surface area contributed by atoms with Crippen molar-refractivity contribution in [3.05, 3.63) is 0 Å². The Bertz CT molecular complexity index is 148. The first-order valence-corrected chi connectivity index (χ1v) is 6.71. The second-order valence-corrected chi connectivity index (χ2v) is 5.63. The smallest absolute Gasteiger partial charge is 0.0607 e. The molecule has 0 aromatic rings. The van der Waals surface area contributed by atoms with Crippen LogP contribution in [-0.4, -0.2) is 36.8 Å². The summed E-state index contributed by atoms with van der Waals surface area (Å²) < 4.78 is 5.17. The van der Waals surface area contributed by atoms with Crippen LogP contribution < -0.4 is 5.32 Å². The average molecular weight is 217 g/mol. The molecule has 14 heavy (non-hydrogen) atoms. The Hall–Kier alpha value is 0.270. The van der Waals surface area contributed by atoms with Gasteiger partial charge in [0.05, 0.1) is 18.5 Å². The fourth-order valence-electron chi connectivity index (χ4n) is 1.37. The zero-order chi connectivity index (χ0) is 10.4. The lowest BCUT2D eigenvalue weighted by molar-refractivity contribution is 0.0454. The summed E-state index contributed by atoms with van der Waals surface area (Å²) in [6.45, 7) is 9.88. The molecule has 1 atom stereocenters. The van der Waals surface area contributed by atoms with Crippen LogP contribution in [0.5, 0.6) is 0 Å². The van der Waals surface area contributed by atoms with Gasteiger partial charge >= 0.3 is 0 Å². The molecule has 2 nitrogen and oxygen atoms in total. The van der Waals surface area contributed by atoms with Gasteiger partial charge in [0.25, 0.3) is 0 Å². The summed E-state index contributed by atoms with van der Waals surface area (Å²) in [5.41, 5.74) is 0. The lowest BCUT2D eigenvalue weighted by Crippen LogP contribution is -2.39. The number of thioether (sulfide) groups is 1. The van der Waals surface area contributed by atoms with E-state index in [1.807, 2.05) is 0 Å². The van der Waals surface area contributed by atoms with Gasteiger partial charge in [-0.25, -0.2) is 0 Å². The maximum Gasteiger partial charge on any atom is 0.0607 e. The van der Waals surface area contributed by atoms with E-state index in [1.165, 1.54) is 12.2 Å². The van der Waals surface area contributed by atoms with Crippen LogP contribution in [0.1, 0.15) is 27.2 Å². The summed E-state index contributed by atoms with van der Waals surface area (Å²) in [6.07, 6.45) is 1.22. The summed E-state index contributed by atoms with van der Waals surface area (Å²) in [4.78, 5) is 0. The van der Waals surface area contributed by atoms with Crippen LogP contribution in [0.25, 0.3) is 0 Å². The molecule has 84 valence electrons. The highest BCUT2D eigenvalue weighted by Gasteiger charge is 2.21. The van der Waals surface area contributed by atoms with Gasteiger partial charge in [-0.05, 0) is 18.9 Å². The van der Waals surface area contributed by atoms with Gasteiger partial charge in [0.1, 0.15) is 0 Å². The van der Waals surface area contributed by atoms with Crippen LogP contribution in [-0.2, 0) is 4.74 Å². The summed E-state index contributed by atoms with van der Waals surface area (Å²) >= 11 is 2.06. The second kappa shape index (κ2) is 6.70. The lowest BCUT2D eigenvalue weighted by atomic mass is 10.1. The first kappa shape index (κ1) is 12.3. The largest absolute Gasteiger partial charge is 0.379 e. The fraction of sp³-hybridized carbons (Fsp3) is 1.00. The lowest BCUT2D eigenvalue weighted by Gasteiger charge is -2.29. The SMILES string of the molecule is CCCNC(CSC1COC1)C(C)C. The Balaban J connectivity index is 2.13. The quantitative estimate of drug-likeness (QED) is 0.706. The maximum atomic E-state index is 5.17. The summed E-state index contributed by atoms with van der Waals surface area (Å²) in [6, 6.07) is 0.667. The van der Waals surface area contributed by atoms with Crippen LogP contribution in [0.4, 0.5) is 0 Å². The molecule has 1 N–H and O–H groups in total. The van der Waals surface area contributed by atoms with Crippen LogP contribution in [0.15, 0.2) is 0 Å². The Labute approximate surface area is 92.2 Å². The monoisotopic (exact) mass is 217 g/mol. The van der Waals surface area contributed by atoms with Crippen molar-refractivity contribution in [3.8, 4) is 0 Å². The molecule has 0 radical (unpaired) electrons. The van der Waals surface area contributed by atoms with E-state index in [4.69, 9.17) is 4.74 Å². The zero-order valence-corrected chi connectivity index (χ0v) is 10.4. The number of rotatable bonds is 7. The van der Waals surface area contributed by atoms with Gasteiger partial charge < -0.3 is 10.1 Å². The van der Waals surface area contributed by atoms with Crippen molar-refractivity contribution < 1.29 is 4.74 Å². The van der Waals surface area contributed by atoms with Gasteiger partial charge in [0.2, 0.25) is 0 Å². The molecule has 1 saturated heterocycles. The Morgan fingerprint density at radius 3 is 2.57 bits per heavy atom. The summed E-state index contributed by atoms with van der Waals surface area (Å²) in [5, 5.41) is 4.37. The molecule has 0 amide bonds. The molecular weight excluding hydrogens is 194 g/mol. The highest BCUT2D eigenvalue weighted by molar-refractivity contribution is 8.00. The van der Waals surface area contributed by atoms with Crippen LogP contribution >= 0.6 is 11.8 Å². The van der Waals surface area contributed by atoms with Gasteiger partial charge in [-0.2, -0.15) is 11.8 Å². The highest BCUT2D eigenvalue weighted by Crippen LogP contribution is 2.21. The van der Waals surface area contributed by atoms with Crippen LogP contribution in [0.2, 0.25) is 0 Å². The molecule has 1 fully saturated rings. The van der Waals surface area contributed by atoms with E-state index in [0.717, 1.165) is 30.9 Å². The van der Waals surface area contributed by atoms with Crippen molar-refractivity contribution in [2.75, 3.05) is 25.5 Å². The molecule has 1 heterocycles. The molecule has 0 bridgehead atoms. The van der Waals surface area contributed by atoms with Crippen molar-refractivity contribution in [2.45, 2.75) is 38.5 Å². The van der Waals surface area contributed by atoms with Gasteiger partial charge in [0.15, 0.2) is 0 Å². The van der Waals surface area contributed by atoms with Crippen LogP contribution in [0.3, 0.4) is 0 Å². The molecule has 1 aliphatic rings. The topological polar surface area (TPSA) is 21.3 Å². The average Bonchev–Trinajstić information content (AvgIpc) is 2.07. The van der Waals surface area contributed by atoms with E-state index in [2.05, 4.69) is 37.8 Å². The standard InChI is InChI=1S/C11H23NOS/c1-4-5-12-11(9(2)3)8-14-10-6-13-7-10/h9-12H,4-8H2,1-3H3. The number of hydrogen-bond donors (Lipinski definition) is 1. The van der Waals surface area contributed by atoms with Gasteiger partial charge in [0, 0.05) is 11.8 Å². The molecule has 0 aliphatic carbocycles. The van der Waals surface area contributed by atoms with Gasteiger partial charge in [-0.1, -0.05) is 20.8 Å². The molecule has 1 aliphatic heterocycles. The minimum absolute atomic E-state index is 0.667. The van der Waals surface area contributed by atoms with E-state index >= 15 is 0 Å². The zero-order valence-electron chi connectivity index (χ0n) is 9.58. The minimum atomic E-state index is 0.667. The Kier molecular flexibility index (Phi) is 5.90. The van der Waals surface area contributed by atoms with E-state index in [0.29, 0.717) is 6.04 Å². The molecule has 0 spiro atoms. The summed E-state index contributed by atoms with van der Waals surface area (Å²) in [7, 11) is 0. The normalized spacial score (nSPS) is 19.7. The second-order valence-electron chi connectivity index (χ2n) is 4.30. The molecule has 3 heteroatoms. The number of ether oxygens (including phenoxy) is 1. The predicted octanol–water partition coefficient (Wildman–Crippen LogP) is 2.14. The van der Waals surface area contributed by atoms with E-state index in [9.17, 15) is 0 Å². The van der Waals surface area contributed by atoms with Crippen molar-refractivity contribution in [1.82, 2.24) is 5.32 Å². The third-order valence-electron chi connectivity index (χ3n) is 2.58. The third-order valence-corrected chi connectivity index (χ3v) is 3.88. The molecule has 0 aromatic carbocycles.